The number of hydrogen-bond acceptors (Lipinski definition) is 3. The van der Waals surface area contributed by atoms with E-state index in [1.165, 1.54) is 23.5 Å². The summed E-state index contributed by atoms with van der Waals surface area (Å²) < 4.78 is 13.8. The molecule has 1 aromatic heterocycles. The van der Waals surface area contributed by atoms with Crippen LogP contribution in [0.4, 0.5) is 4.39 Å². The molecule has 0 aliphatic carbocycles. The predicted octanol–water partition coefficient (Wildman–Crippen LogP) is 2.55. The van der Waals surface area contributed by atoms with E-state index in [-0.39, 0.29) is 5.02 Å². The second-order valence-electron chi connectivity index (χ2n) is 2.55. The highest BCUT2D eigenvalue weighted by Crippen LogP contribution is 2.26. The average Bonchev–Trinajstić information content (AvgIpc) is 2.48. The van der Waals surface area contributed by atoms with Gasteiger partial charge in [-0.1, -0.05) is 11.6 Å². The zero-order valence-electron chi connectivity index (χ0n) is 6.55. The number of nitrogens with two attached hydrogens (primary N) is 1. The van der Waals surface area contributed by atoms with Crippen LogP contribution in [0.25, 0.3) is 10.2 Å². The van der Waals surface area contributed by atoms with Crippen molar-refractivity contribution in [1.29, 1.82) is 0 Å². The number of benzene rings is 1. The van der Waals surface area contributed by atoms with Crippen LogP contribution in [0, 0.1) is 5.82 Å². The highest BCUT2D eigenvalue weighted by molar-refractivity contribution is 7.18. The highest BCUT2D eigenvalue weighted by Gasteiger charge is 2.06. The lowest BCUT2D eigenvalue weighted by atomic mass is 10.3. The van der Waals surface area contributed by atoms with Crippen molar-refractivity contribution < 1.29 is 4.39 Å². The fourth-order valence-corrected chi connectivity index (χ4v) is 2.07. The van der Waals surface area contributed by atoms with Crippen molar-refractivity contribution in [1.82, 2.24) is 4.98 Å². The van der Waals surface area contributed by atoms with Gasteiger partial charge in [-0.2, -0.15) is 0 Å². The lowest BCUT2D eigenvalue weighted by Gasteiger charge is -1.91. The Kier molecular flexibility index (Phi) is 2.19. The van der Waals surface area contributed by atoms with Gasteiger partial charge in [-0.05, 0) is 12.1 Å². The molecule has 0 saturated carbocycles. The van der Waals surface area contributed by atoms with Gasteiger partial charge in [0.25, 0.3) is 0 Å². The van der Waals surface area contributed by atoms with Gasteiger partial charge in [0, 0.05) is 6.54 Å². The molecule has 2 nitrogen and oxygen atoms in total. The Morgan fingerprint density at radius 3 is 3.00 bits per heavy atom. The molecule has 2 rings (SSSR count). The summed E-state index contributed by atoms with van der Waals surface area (Å²) in [4.78, 5) is 4.18. The van der Waals surface area contributed by atoms with E-state index in [9.17, 15) is 4.39 Å². The van der Waals surface area contributed by atoms with Gasteiger partial charge in [-0.25, -0.2) is 9.37 Å². The highest BCUT2D eigenvalue weighted by atomic mass is 35.5. The summed E-state index contributed by atoms with van der Waals surface area (Å²) in [6, 6.07) is 2.90. The molecular weight excluding hydrogens is 211 g/mol. The molecule has 0 saturated heterocycles. The van der Waals surface area contributed by atoms with E-state index in [0.29, 0.717) is 12.1 Å². The number of hydrogen-bond donors (Lipinski definition) is 1. The van der Waals surface area contributed by atoms with Gasteiger partial charge in [-0.3, -0.25) is 0 Å². The molecule has 2 N–H and O–H groups in total. The van der Waals surface area contributed by atoms with Crippen LogP contribution in [-0.4, -0.2) is 4.98 Å². The van der Waals surface area contributed by atoms with E-state index in [2.05, 4.69) is 4.98 Å². The molecule has 5 heteroatoms. The minimum atomic E-state index is -0.415. The lowest BCUT2D eigenvalue weighted by Crippen LogP contribution is -1.93. The van der Waals surface area contributed by atoms with Crippen LogP contribution < -0.4 is 5.73 Å². The summed E-state index contributed by atoms with van der Waals surface area (Å²) >= 11 is 6.98. The maximum atomic E-state index is 13.0. The normalized spacial score (nSPS) is 11.0. The quantitative estimate of drug-likeness (QED) is 0.796. The number of nitrogens with zero attached hydrogens (tertiary/aromatic N) is 1. The molecule has 0 fully saturated rings. The van der Waals surface area contributed by atoms with Crippen LogP contribution in [0.5, 0.6) is 0 Å². The molecule has 0 aliphatic rings. The fourth-order valence-electron chi connectivity index (χ4n) is 1.06. The first-order chi connectivity index (χ1) is 6.20. The summed E-state index contributed by atoms with van der Waals surface area (Å²) in [5, 5.41) is 0.887. The standard InChI is InChI=1S/C8H6ClFN2S/c9-4-1-6-7(2-5(4)10)13-8(3-11)12-6/h1-2H,3,11H2. The van der Waals surface area contributed by atoms with Crippen LogP contribution in [0.1, 0.15) is 5.01 Å². The fraction of sp³-hybridized carbons (Fsp3) is 0.125. The Hall–Kier alpha value is -0.710. The van der Waals surface area contributed by atoms with Gasteiger partial charge in [0.15, 0.2) is 0 Å². The maximum absolute atomic E-state index is 13.0. The summed E-state index contributed by atoms with van der Waals surface area (Å²) in [6.45, 7) is 0.374. The molecule has 0 unspecified atom stereocenters. The molecule has 0 bridgehead atoms. The molecule has 0 atom stereocenters. The SMILES string of the molecule is NCc1nc2cc(Cl)c(F)cc2s1. The third-order valence-electron chi connectivity index (χ3n) is 1.65. The van der Waals surface area contributed by atoms with E-state index >= 15 is 0 Å². The molecule has 0 radical (unpaired) electrons. The lowest BCUT2D eigenvalue weighted by molar-refractivity contribution is 0.630. The van der Waals surface area contributed by atoms with E-state index in [1.54, 1.807) is 0 Å². The number of thiazole rings is 1. The zero-order valence-corrected chi connectivity index (χ0v) is 8.12. The van der Waals surface area contributed by atoms with E-state index < -0.39 is 5.82 Å². The van der Waals surface area contributed by atoms with Crippen molar-refractivity contribution in [3.63, 3.8) is 0 Å². The van der Waals surface area contributed by atoms with Crippen molar-refractivity contribution in [3.8, 4) is 0 Å². The third kappa shape index (κ3) is 1.52. The molecule has 0 amide bonds. The van der Waals surface area contributed by atoms with Gasteiger partial charge in [0.2, 0.25) is 0 Å². The van der Waals surface area contributed by atoms with Gasteiger partial charge in [-0.15, -0.1) is 11.3 Å². The number of rotatable bonds is 1. The monoisotopic (exact) mass is 216 g/mol. The number of halogens is 2. The van der Waals surface area contributed by atoms with Gasteiger partial charge < -0.3 is 5.73 Å². The largest absolute Gasteiger partial charge is 0.325 e. The van der Waals surface area contributed by atoms with Crippen LogP contribution in [0.2, 0.25) is 5.02 Å². The first kappa shape index (κ1) is 8.87. The van der Waals surface area contributed by atoms with Crippen molar-refractivity contribution in [2.45, 2.75) is 6.54 Å². The summed E-state index contributed by atoms with van der Waals surface area (Å²) in [5.41, 5.74) is 6.12. The molecular formula is C8H6ClFN2S. The van der Waals surface area contributed by atoms with Crippen LogP contribution in [0.15, 0.2) is 12.1 Å². The number of fused-ring (bicyclic) bond motifs is 1. The number of aromatic nitrogens is 1. The summed E-state index contributed by atoms with van der Waals surface area (Å²) in [5.74, 6) is -0.415. The van der Waals surface area contributed by atoms with Gasteiger partial charge in [0.1, 0.15) is 10.8 Å². The molecule has 0 aliphatic heterocycles. The van der Waals surface area contributed by atoms with Crippen LogP contribution in [0.3, 0.4) is 0 Å². The van der Waals surface area contributed by atoms with Crippen molar-refractivity contribution in [3.05, 3.63) is 28.0 Å². The smallest absolute Gasteiger partial charge is 0.143 e. The first-order valence-corrected chi connectivity index (χ1v) is 4.84. The minimum absolute atomic E-state index is 0.0985. The minimum Gasteiger partial charge on any atom is -0.325 e. The Morgan fingerprint density at radius 2 is 2.31 bits per heavy atom. The molecule has 13 heavy (non-hydrogen) atoms. The molecule has 0 spiro atoms. The summed E-state index contributed by atoms with van der Waals surface area (Å²) in [6.07, 6.45) is 0. The van der Waals surface area contributed by atoms with E-state index in [4.69, 9.17) is 17.3 Å². The van der Waals surface area contributed by atoms with Crippen molar-refractivity contribution in [2.24, 2.45) is 5.73 Å². The molecule has 1 aromatic carbocycles. The molecule has 1 heterocycles. The third-order valence-corrected chi connectivity index (χ3v) is 2.98. The molecule has 68 valence electrons. The van der Waals surface area contributed by atoms with Gasteiger partial charge in [0.05, 0.1) is 15.2 Å². The predicted molar refractivity (Wildman–Crippen MR) is 52.5 cm³/mol. The Bertz CT molecular complexity index is 416. The Morgan fingerprint density at radius 1 is 1.54 bits per heavy atom. The zero-order chi connectivity index (χ0) is 9.42. The van der Waals surface area contributed by atoms with Crippen molar-refractivity contribution >= 4 is 33.2 Å². The maximum Gasteiger partial charge on any atom is 0.143 e. The Balaban J connectivity index is 2.70. The second kappa shape index (κ2) is 3.21. The van der Waals surface area contributed by atoms with Crippen LogP contribution >= 0.6 is 22.9 Å². The van der Waals surface area contributed by atoms with E-state index in [1.807, 2.05) is 0 Å². The second-order valence-corrected chi connectivity index (χ2v) is 4.07. The van der Waals surface area contributed by atoms with E-state index in [0.717, 1.165) is 9.71 Å². The topological polar surface area (TPSA) is 38.9 Å². The van der Waals surface area contributed by atoms with Gasteiger partial charge >= 0.3 is 0 Å². The molecule has 2 aromatic rings. The Labute approximate surface area is 83.1 Å². The van der Waals surface area contributed by atoms with Crippen LogP contribution in [-0.2, 0) is 6.54 Å². The first-order valence-electron chi connectivity index (χ1n) is 3.65. The summed E-state index contributed by atoms with van der Waals surface area (Å²) in [7, 11) is 0. The average molecular weight is 217 g/mol. The van der Waals surface area contributed by atoms with Crippen molar-refractivity contribution in [2.75, 3.05) is 0 Å².